The number of carbonyl (C=O) groups is 1. The molecule has 13 heavy (non-hydrogen) atoms. The predicted octanol–water partition coefficient (Wildman–Crippen LogP) is 3.05. The van der Waals surface area contributed by atoms with Gasteiger partial charge in [-0.3, -0.25) is 4.79 Å². The van der Waals surface area contributed by atoms with E-state index in [0.29, 0.717) is 0 Å². The van der Waals surface area contributed by atoms with Crippen LogP contribution in [-0.4, -0.2) is 11.3 Å². The van der Waals surface area contributed by atoms with Crippen LogP contribution in [0.1, 0.15) is 16.1 Å². The minimum Gasteiger partial charge on any atom is -0.358 e. The average molecular weight is 238 g/mol. The van der Waals surface area contributed by atoms with Gasteiger partial charge in [0.25, 0.3) is 0 Å². The molecule has 2 nitrogen and oxygen atoms in total. The Kier molecular flexibility index (Phi) is 1.96. The Morgan fingerprint density at radius 2 is 2.23 bits per heavy atom. The fourth-order valence-electron chi connectivity index (χ4n) is 1.48. The second kappa shape index (κ2) is 3.00. The number of aldehydes is 1. The van der Waals surface area contributed by atoms with Gasteiger partial charge in [-0.25, -0.2) is 0 Å². The molecule has 0 aliphatic rings. The van der Waals surface area contributed by atoms with Gasteiger partial charge in [-0.1, -0.05) is 22.0 Å². The first kappa shape index (κ1) is 8.51. The molecular formula is C10H8BrNO. The van der Waals surface area contributed by atoms with Gasteiger partial charge >= 0.3 is 0 Å². The molecule has 2 aromatic rings. The molecule has 2 rings (SSSR count). The van der Waals surface area contributed by atoms with Crippen LogP contribution in [0.2, 0.25) is 0 Å². The summed E-state index contributed by atoms with van der Waals surface area (Å²) in [6.07, 6.45) is 0.891. The molecular weight excluding hydrogens is 230 g/mol. The van der Waals surface area contributed by atoms with Gasteiger partial charge in [-0.05, 0) is 19.1 Å². The molecule has 0 aliphatic carbocycles. The van der Waals surface area contributed by atoms with Gasteiger partial charge in [0.05, 0.1) is 0 Å². The molecule has 0 unspecified atom stereocenters. The molecule has 0 saturated heterocycles. The maximum Gasteiger partial charge on any atom is 0.152 e. The van der Waals surface area contributed by atoms with Crippen molar-refractivity contribution in [1.29, 1.82) is 0 Å². The molecule has 3 heteroatoms. The molecule has 1 aromatic carbocycles. The Morgan fingerprint density at radius 1 is 1.46 bits per heavy atom. The van der Waals surface area contributed by atoms with Gasteiger partial charge in [0, 0.05) is 26.6 Å². The first-order valence-corrected chi connectivity index (χ1v) is 4.74. The smallest absolute Gasteiger partial charge is 0.152 e. The molecule has 1 N–H and O–H groups in total. The molecule has 0 fully saturated rings. The number of H-pyrrole nitrogens is 1. The summed E-state index contributed by atoms with van der Waals surface area (Å²) in [5.74, 6) is 0. The van der Waals surface area contributed by atoms with Crippen molar-refractivity contribution in [2.75, 3.05) is 0 Å². The van der Waals surface area contributed by atoms with Crippen LogP contribution in [0.3, 0.4) is 0 Å². The summed E-state index contributed by atoms with van der Waals surface area (Å²) >= 11 is 3.38. The summed E-state index contributed by atoms with van der Waals surface area (Å²) in [5.41, 5.74) is 2.67. The highest BCUT2D eigenvalue weighted by Gasteiger charge is 2.06. The number of aromatic nitrogens is 1. The normalized spacial score (nSPS) is 10.6. The van der Waals surface area contributed by atoms with Crippen LogP contribution in [0.25, 0.3) is 10.9 Å². The van der Waals surface area contributed by atoms with Crippen LogP contribution < -0.4 is 0 Å². The SMILES string of the molecule is Cc1[nH]c2cc(Br)ccc2c1C=O. The van der Waals surface area contributed by atoms with E-state index in [1.54, 1.807) is 0 Å². The zero-order valence-corrected chi connectivity index (χ0v) is 8.68. The van der Waals surface area contributed by atoms with Crippen LogP contribution in [0.4, 0.5) is 0 Å². The third-order valence-electron chi connectivity index (χ3n) is 2.12. The highest BCUT2D eigenvalue weighted by atomic mass is 79.9. The molecule has 0 amide bonds. The number of carbonyl (C=O) groups excluding carboxylic acids is 1. The average Bonchev–Trinajstić information content (AvgIpc) is 2.39. The first-order valence-electron chi connectivity index (χ1n) is 3.95. The number of aromatic amines is 1. The second-order valence-corrected chi connectivity index (χ2v) is 3.89. The molecule has 1 heterocycles. The summed E-state index contributed by atoms with van der Waals surface area (Å²) in [4.78, 5) is 13.9. The Labute approximate surface area is 84.1 Å². The van der Waals surface area contributed by atoms with Crippen LogP contribution in [-0.2, 0) is 0 Å². The van der Waals surface area contributed by atoms with Gasteiger partial charge in [-0.2, -0.15) is 0 Å². The summed E-state index contributed by atoms with van der Waals surface area (Å²) in [6, 6.07) is 5.84. The van der Waals surface area contributed by atoms with Crippen molar-refractivity contribution >= 4 is 33.1 Å². The molecule has 0 saturated carbocycles. The summed E-state index contributed by atoms with van der Waals surface area (Å²) in [7, 11) is 0. The lowest BCUT2D eigenvalue weighted by atomic mass is 10.1. The van der Waals surface area contributed by atoms with Crippen molar-refractivity contribution in [2.45, 2.75) is 6.92 Å². The summed E-state index contributed by atoms with van der Waals surface area (Å²) in [6.45, 7) is 1.90. The highest BCUT2D eigenvalue weighted by molar-refractivity contribution is 9.10. The standard InChI is InChI=1S/C10H8BrNO/c1-6-9(5-13)8-3-2-7(11)4-10(8)12-6/h2-5,12H,1H3. The van der Waals surface area contributed by atoms with E-state index >= 15 is 0 Å². The number of rotatable bonds is 1. The number of benzene rings is 1. The molecule has 0 aliphatic heterocycles. The van der Waals surface area contributed by atoms with E-state index in [1.165, 1.54) is 0 Å². The minimum absolute atomic E-state index is 0.752. The molecule has 0 spiro atoms. The van der Waals surface area contributed by atoms with Crippen molar-refractivity contribution in [3.63, 3.8) is 0 Å². The zero-order valence-electron chi connectivity index (χ0n) is 7.10. The van der Waals surface area contributed by atoms with E-state index in [1.807, 2.05) is 25.1 Å². The number of nitrogens with one attached hydrogen (secondary N) is 1. The van der Waals surface area contributed by atoms with Crippen LogP contribution in [0.5, 0.6) is 0 Å². The van der Waals surface area contributed by atoms with Crippen molar-refractivity contribution < 1.29 is 4.79 Å². The number of hydrogen-bond donors (Lipinski definition) is 1. The molecule has 0 bridgehead atoms. The fourth-order valence-corrected chi connectivity index (χ4v) is 1.84. The first-order chi connectivity index (χ1) is 6.22. The monoisotopic (exact) mass is 237 g/mol. The van der Waals surface area contributed by atoms with E-state index in [0.717, 1.165) is 32.9 Å². The van der Waals surface area contributed by atoms with Crippen LogP contribution in [0.15, 0.2) is 22.7 Å². The third-order valence-corrected chi connectivity index (χ3v) is 2.61. The van der Waals surface area contributed by atoms with Gasteiger partial charge in [0.2, 0.25) is 0 Å². The zero-order chi connectivity index (χ0) is 9.42. The number of fused-ring (bicyclic) bond motifs is 1. The van der Waals surface area contributed by atoms with E-state index in [4.69, 9.17) is 0 Å². The lowest BCUT2D eigenvalue weighted by Gasteiger charge is -1.91. The van der Waals surface area contributed by atoms with Crippen LogP contribution >= 0.6 is 15.9 Å². The Hall–Kier alpha value is -1.09. The lowest BCUT2D eigenvalue weighted by molar-refractivity contribution is 0.112. The molecule has 0 atom stereocenters. The molecule has 66 valence electrons. The van der Waals surface area contributed by atoms with Gasteiger partial charge in [-0.15, -0.1) is 0 Å². The number of halogens is 1. The highest BCUT2D eigenvalue weighted by Crippen LogP contribution is 2.23. The van der Waals surface area contributed by atoms with Crippen molar-refractivity contribution in [2.24, 2.45) is 0 Å². The maximum atomic E-state index is 10.8. The van der Waals surface area contributed by atoms with Gasteiger partial charge < -0.3 is 4.98 Å². The molecule has 1 aromatic heterocycles. The quantitative estimate of drug-likeness (QED) is 0.761. The summed E-state index contributed by atoms with van der Waals surface area (Å²) < 4.78 is 1.01. The Morgan fingerprint density at radius 3 is 2.92 bits per heavy atom. The van der Waals surface area contributed by atoms with Crippen molar-refractivity contribution in [3.8, 4) is 0 Å². The molecule has 0 radical (unpaired) electrons. The van der Waals surface area contributed by atoms with Crippen molar-refractivity contribution in [3.05, 3.63) is 33.9 Å². The summed E-state index contributed by atoms with van der Waals surface area (Å²) in [5, 5.41) is 0.982. The maximum absolute atomic E-state index is 10.8. The predicted molar refractivity (Wildman–Crippen MR) is 56.1 cm³/mol. The van der Waals surface area contributed by atoms with Gasteiger partial charge in [0.1, 0.15) is 0 Å². The van der Waals surface area contributed by atoms with Gasteiger partial charge in [0.15, 0.2) is 6.29 Å². The van der Waals surface area contributed by atoms with Crippen LogP contribution in [0, 0.1) is 6.92 Å². The topological polar surface area (TPSA) is 32.9 Å². The van der Waals surface area contributed by atoms with E-state index in [-0.39, 0.29) is 0 Å². The third kappa shape index (κ3) is 1.29. The lowest BCUT2D eigenvalue weighted by Crippen LogP contribution is -1.79. The fraction of sp³-hybridized carbons (Fsp3) is 0.100. The second-order valence-electron chi connectivity index (χ2n) is 2.97. The Balaban J connectivity index is 2.86. The number of hydrogen-bond acceptors (Lipinski definition) is 1. The van der Waals surface area contributed by atoms with Crippen molar-refractivity contribution in [1.82, 2.24) is 4.98 Å². The van der Waals surface area contributed by atoms with E-state index < -0.39 is 0 Å². The largest absolute Gasteiger partial charge is 0.358 e. The minimum atomic E-state index is 0.752. The van der Waals surface area contributed by atoms with E-state index in [2.05, 4.69) is 20.9 Å². The van der Waals surface area contributed by atoms with E-state index in [9.17, 15) is 4.79 Å². The Bertz CT molecular complexity index is 473. The number of aryl methyl sites for hydroxylation is 1.